The molecule has 0 aliphatic heterocycles. The normalized spacial score (nSPS) is 11.3. The third-order valence-electron chi connectivity index (χ3n) is 2.26. The van der Waals surface area contributed by atoms with Crippen LogP contribution in [0.2, 0.25) is 19.6 Å². The highest BCUT2D eigenvalue weighted by Gasteiger charge is 2.27. The Balaban J connectivity index is 3.43. The Morgan fingerprint density at radius 2 is 1.47 bits per heavy atom. The van der Waals surface area contributed by atoms with Gasteiger partial charge in [-0.25, -0.2) is 4.39 Å². The molecule has 2 nitrogen and oxygen atoms in total. The van der Waals surface area contributed by atoms with Crippen molar-refractivity contribution in [2.75, 3.05) is 14.2 Å². The second kappa shape index (κ2) is 4.22. The van der Waals surface area contributed by atoms with Crippen molar-refractivity contribution in [3.63, 3.8) is 0 Å². The van der Waals surface area contributed by atoms with E-state index in [0.717, 1.165) is 0 Å². The molecule has 0 aliphatic carbocycles. The molecule has 0 unspecified atom stereocenters. The van der Waals surface area contributed by atoms with Crippen LogP contribution in [0.5, 0.6) is 11.5 Å². The second-order valence-corrected chi connectivity index (χ2v) is 9.41. The van der Waals surface area contributed by atoms with E-state index >= 15 is 0 Å². The Morgan fingerprint density at radius 3 is 1.87 bits per heavy atom. The molecule has 0 heterocycles. The van der Waals surface area contributed by atoms with Crippen LogP contribution in [0.25, 0.3) is 0 Å². The minimum atomic E-state index is -1.77. The molecule has 0 atom stereocenters. The standard InChI is InChI=1S/C11H17FO2Si/c1-13-8-6-7-9(14-2)11(10(8)12)15(3,4)5/h6-7H,1-5H3. The van der Waals surface area contributed by atoms with E-state index in [1.807, 2.05) is 0 Å². The number of ether oxygens (including phenoxy) is 2. The maximum atomic E-state index is 14.0. The molecule has 0 fully saturated rings. The van der Waals surface area contributed by atoms with Gasteiger partial charge in [-0.05, 0) is 12.1 Å². The molecule has 0 aliphatic rings. The summed E-state index contributed by atoms with van der Waals surface area (Å²) in [5, 5.41) is 0.685. The molecule has 1 aromatic rings. The molecule has 1 aromatic carbocycles. The summed E-state index contributed by atoms with van der Waals surface area (Å²) in [6.07, 6.45) is 0. The summed E-state index contributed by atoms with van der Waals surface area (Å²) in [4.78, 5) is 0. The van der Waals surface area contributed by atoms with Crippen molar-refractivity contribution in [1.82, 2.24) is 0 Å². The Bertz CT molecular complexity index is 358. The molecule has 1 rings (SSSR count). The molecule has 4 heteroatoms. The highest BCUT2D eigenvalue weighted by molar-refractivity contribution is 6.89. The molecule has 0 radical (unpaired) electrons. The Hall–Kier alpha value is -1.03. The third kappa shape index (κ3) is 2.31. The van der Waals surface area contributed by atoms with Gasteiger partial charge >= 0.3 is 0 Å². The fraction of sp³-hybridized carbons (Fsp3) is 0.455. The lowest BCUT2D eigenvalue weighted by atomic mass is 10.3. The molecule has 0 N–H and O–H groups in total. The van der Waals surface area contributed by atoms with E-state index in [4.69, 9.17) is 9.47 Å². The number of hydrogen-bond donors (Lipinski definition) is 0. The molecule has 0 aromatic heterocycles. The molecular weight excluding hydrogens is 211 g/mol. The average Bonchev–Trinajstić information content (AvgIpc) is 2.15. The number of methoxy groups -OCH3 is 2. The lowest BCUT2D eigenvalue weighted by Gasteiger charge is -2.21. The van der Waals surface area contributed by atoms with Gasteiger partial charge in [0.1, 0.15) is 5.75 Å². The number of rotatable bonds is 3. The topological polar surface area (TPSA) is 18.5 Å². The molecule has 0 bridgehead atoms. The van der Waals surface area contributed by atoms with Crippen LogP contribution in [0.4, 0.5) is 4.39 Å². The van der Waals surface area contributed by atoms with E-state index in [0.29, 0.717) is 10.9 Å². The summed E-state index contributed by atoms with van der Waals surface area (Å²) in [6.45, 7) is 6.23. The lowest BCUT2D eigenvalue weighted by Crippen LogP contribution is -2.41. The maximum Gasteiger partial charge on any atom is 0.167 e. The van der Waals surface area contributed by atoms with Crippen LogP contribution in [0.15, 0.2) is 12.1 Å². The van der Waals surface area contributed by atoms with E-state index in [1.165, 1.54) is 7.11 Å². The van der Waals surface area contributed by atoms with Gasteiger partial charge in [-0.2, -0.15) is 0 Å². The maximum absolute atomic E-state index is 14.0. The van der Waals surface area contributed by atoms with E-state index in [1.54, 1.807) is 19.2 Å². The zero-order chi connectivity index (χ0) is 11.6. The van der Waals surface area contributed by atoms with Gasteiger partial charge in [0.05, 0.1) is 22.3 Å². The Kier molecular flexibility index (Phi) is 3.39. The van der Waals surface area contributed by atoms with E-state index < -0.39 is 8.07 Å². The van der Waals surface area contributed by atoms with Crippen LogP contribution in [-0.4, -0.2) is 22.3 Å². The van der Waals surface area contributed by atoms with E-state index in [2.05, 4.69) is 19.6 Å². The minimum absolute atomic E-state index is 0.281. The highest BCUT2D eigenvalue weighted by atomic mass is 28.3. The fourth-order valence-corrected chi connectivity index (χ4v) is 3.27. The first-order valence-electron chi connectivity index (χ1n) is 4.82. The molecule has 84 valence electrons. The van der Waals surface area contributed by atoms with Crippen molar-refractivity contribution in [3.05, 3.63) is 17.9 Å². The first-order valence-corrected chi connectivity index (χ1v) is 8.32. The zero-order valence-electron chi connectivity index (χ0n) is 9.85. The molecular formula is C11H17FO2Si. The second-order valence-electron chi connectivity index (χ2n) is 4.41. The highest BCUT2D eigenvalue weighted by Crippen LogP contribution is 2.23. The van der Waals surface area contributed by atoms with Crippen molar-refractivity contribution in [1.29, 1.82) is 0 Å². The van der Waals surface area contributed by atoms with Gasteiger partial charge < -0.3 is 9.47 Å². The number of benzene rings is 1. The van der Waals surface area contributed by atoms with E-state index in [9.17, 15) is 4.39 Å². The Labute approximate surface area is 91.0 Å². The number of halogens is 1. The quantitative estimate of drug-likeness (QED) is 0.740. The predicted molar refractivity (Wildman–Crippen MR) is 62.5 cm³/mol. The summed E-state index contributed by atoms with van der Waals surface area (Å²) in [7, 11) is 1.26. The fourth-order valence-electron chi connectivity index (χ4n) is 1.57. The zero-order valence-corrected chi connectivity index (χ0v) is 10.8. The lowest BCUT2D eigenvalue weighted by molar-refractivity contribution is 0.380. The summed E-state index contributed by atoms with van der Waals surface area (Å²) < 4.78 is 24.2. The first-order chi connectivity index (χ1) is 6.91. The van der Waals surface area contributed by atoms with Crippen LogP contribution in [0.3, 0.4) is 0 Å². The summed E-state index contributed by atoms with van der Waals surface area (Å²) in [5.74, 6) is 0.622. The number of hydrogen-bond acceptors (Lipinski definition) is 2. The van der Waals surface area contributed by atoms with Gasteiger partial charge in [-0.15, -0.1) is 0 Å². The minimum Gasteiger partial charge on any atom is -0.497 e. The van der Waals surface area contributed by atoms with Gasteiger partial charge in [0.2, 0.25) is 0 Å². The smallest absolute Gasteiger partial charge is 0.167 e. The van der Waals surface area contributed by atoms with Gasteiger partial charge in [0, 0.05) is 5.19 Å². The van der Waals surface area contributed by atoms with Gasteiger partial charge in [-0.3, -0.25) is 0 Å². The summed E-state index contributed by atoms with van der Waals surface area (Å²) in [5.41, 5.74) is 0. The van der Waals surface area contributed by atoms with Gasteiger partial charge in [-0.1, -0.05) is 19.6 Å². The molecule has 0 saturated carbocycles. The van der Waals surface area contributed by atoms with Gasteiger partial charge in [0.15, 0.2) is 11.6 Å². The summed E-state index contributed by atoms with van der Waals surface area (Å²) in [6, 6.07) is 3.35. The van der Waals surface area contributed by atoms with Crippen molar-refractivity contribution in [3.8, 4) is 11.5 Å². The summed E-state index contributed by atoms with van der Waals surface area (Å²) >= 11 is 0. The molecule has 0 spiro atoms. The van der Waals surface area contributed by atoms with Crippen LogP contribution >= 0.6 is 0 Å². The molecule has 0 saturated heterocycles. The third-order valence-corrected chi connectivity index (χ3v) is 4.22. The largest absolute Gasteiger partial charge is 0.497 e. The first kappa shape index (κ1) is 12.0. The predicted octanol–water partition coefficient (Wildman–Crippen LogP) is 2.39. The average molecular weight is 228 g/mol. The Morgan fingerprint density at radius 1 is 1.00 bits per heavy atom. The van der Waals surface area contributed by atoms with Crippen molar-refractivity contribution >= 4 is 13.3 Å². The van der Waals surface area contributed by atoms with E-state index in [-0.39, 0.29) is 11.6 Å². The van der Waals surface area contributed by atoms with Crippen LogP contribution in [0, 0.1) is 5.82 Å². The SMILES string of the molecule is COc1ccc(OC)c([Si](C)(C)C)c1F. The monoisotopic (exact) mass is 228 g/mol. The molecule has 0 amide bonds. The van der Waals surface area contributed by atoms with Crippen molar-refractivity contribution < 1.29 is 13.9 Å². The van der Waals surface area contributed by atoms with Crippen LogP contribution in [-0.2, 0) is 0 Å². The van der Waals surface area contributed by atoms with Crippen molar-refractivity contribution in [2.45, 2.75) is 19.6 Å². The van der Waals surface area contributed by atoms with Crippen LogP contribution < -0.4 is 14.7 Å². The molecule has 15 heavy (non-hydrogen) atoms. The van der Waals surface area contributed by atoms with Gasteiger partial charge in [0.25, 0.3) is 0 Å². The van der Waals surface area contributed by atoms with Crippen LogP contribution in [0.1, 0.15) is 0 Å². The van der Waals surface area contributed by atoms with Crippen molar-refractivity contribution in [2.24, 2.45) is 0 Å².